The van der Waals surface area contributed by atoms with E-state index in [0.717, 1.165) is 61.2 Å². The van der Waals surface area contributed by atoms with E-state index in [4.69, 9.17) is 9.72 Å². The van der Waals surface area contributed by atoms with E-state index in [1.54, 1.807) is 0 Å². The molecule has 0 saturated heterocycles. The number of pyridine rings is 1. The van der Waals surface area contributed by atoms with E-state index >= 15 is 0 Å². The Bertz CT molecular complexity index is 2920. The van der Waals surface area contributed by atoms with E-state index in [1.807, 2.05) is 12.3 Å². The second kappa shape index (κ2) is 13.2. The van der Waals surface area contributed by atoms with Crippen LogP contribution in [0.5, 0.6) is 11.5 Å². The Balaban J connectivity index is 0.00000397. The molecular formula is C48H38N5OPt-3. The van der Waals surface area contributed by atoms with Crippen molar-refractivity contribution >= 4 is 60.7 Å². The first-order valence-corrected chi connectivity index (χ1v) is 18.3. The SMILES string of the molecule is CN1[CH-]N(c2[c-]c(Oc3[c-]c4c(cc3)c3ccccc3n4-c3cc4c(cn3)c3ccccc3n4C)cc(C(C)(C)C)c2)c2cc(-c3ccccc3)ccc21.[Pt]. The van der Waals surface area contributed by atoms with Crippen LogP contribution >= 0.6 is 0 Å². The number of fused-ring (bicyclic) bond motifs is 7. The van der Waals surface area contributed by atoms with Crippen LogP contribution < -0.4 is 14.5 Å². The fourth-order valence-corrected chi connectivity index (χ4v) is 7.92. The molecular weight excluding hydrogens is 858 g/mol. The molecule has 6 nitrogen and oxygen atoms in total. The molecule has 0 bridgehead atoms. The van der Waals surface area contributed by atoms with Gasteiger partial charge in [-0.05, 0) is 53.2 Å². The molecule has 0 saturated carbocycles. The van der Waals surface area contributed by atoms with Crippen LogP contribution in [0.2, 0.25) is 0 Å². The summed E-state index contributed by atoms with van der Waals surface area (Å²) in [7, 11) is 4.20. The molecule has 55 heavy (non-hydrogen) atoms. The Labute approximate surface area is 335 Å². The summed E-state index contributed by atoms with van der Waals surface area (Å²) in [6.07, 6.45) is 2.00. The van der Waals surface area contributed by atoms with Gasteiger partial charge in [-0.25, -0.2) is 4.98 Å². The van der Waals surface area contributed by atoms with Gasteiger partial charge in [0.15, 0.2) is 0 Å². The normalized spacial score (nSPS) is 12.9. The molecule has 0 unspecified atom stereocenters. The first kappa shape index (κ1) is 34.9. The first-order chi connectivity index (χ1) is 26.2. The number of rotatable bonds is 5. The van der Waals surface area contributed by atoms with Gasteiger partial charge in [-0.1, -0.05) is 99.1 Å². The van der Waals surface area contributed by atoms with E-state index < -0.39 is 0 Å². The van der Waals surface area contributed by atoms with Crippen LogP contribution in [-0.4, -0.2) is 21.2 Å². The molecule has 274 valence electrons. The van der Waals surface area contributed by atoms with E-state index in [-0.39, 0.29) is 26.5 Å². The van der Waals surface area contributed by atoms with Crippen molar-refractivity contribution in [1.29, 1.82) is 0 Å². The van der Waals surface area contributed by atoms with Crippen LogP contribution in [0, 0.1) is 18.8 Å². The summed E-state index contributed by atoms with van der Waals surface area (Å²) in [6.45, 7) is 8.81. The molecule has 10 rings (SSSR count). The molecule has 0 aliphatic carbocycles. The standard InChI is InChI=1S/C48H38N5O.Pt/c1-48(2,3)33-24-34(52-30-50(4)43-22-19-32(23-46(43)52)31-13-7-6-8-14-31)26-36(25-33)54-35-20-21-39-37-15-10-12-18-42(37)53(45(39)27-35)47-28-44-40(29-49-47)38-16-9-11-17-41(38)51(44)5;/h6-25,28-30H,1-5H3;/q-3;. The van der Waals surface area contributed by atoms with Gasteiger partial charge in [0.05, 0.1) is 5.52 Å². The Morgan fingerprint density at radius 1 is 0.618 bits per heavy atom. The topological polar surface area (TPSA) is 38.5 Å². The molecule has 1 aliphatic heterocycles. The fraction of sp³-hybridized carbons (Fsp3) is 0.125. The predicted molar refractivity (Wildman–Crippen MR) is 222 cm³/mol. The summed E-state index contributed by atoms with van der Waals surface area (Å²) < 4.78 is 11.2. The van der Waals surface area contributed by atoms with Crippen molar-refractivity contribution in [3.8, 4) is 28.4 Å². The Morgan fingerprint density at radius 3 is 2.13 bits per heavy atom. The van der Waals surface area contributed by atoms with Crippen molar-refractivity contribution in [3.05, 3.63) is 158 Å². The van der Waals surface area contributed by atoms with Gasteiger partial charge in [-0.15, -0.1) is 47.0 Å². The maximum Gasteiger partial charge on any atom is 0.137 e. The van der Waals surface area contributed by atoms with Crippen LogP contribution in [-0.2, 0) is 33.5 Å². The molecule has 0 N–H and O–H groups in total. The molecule has 3 aromatic heterocycles. The van der Waals surface area contributed by atoms with Crippen LogP contribution in [0.25, 0.3) is 60.6 Å². The van der Waals surface area contributed by atoms with Crippen LogP contribution in [0.1, 0.15) is 26.3 Å². The molecule has 1 aliphatic rings. The van der Waals surface area contributed by atoms with Gasteiger partial charge in [0.2, 0.25) is 0 Å². The number of hydrogen-bond donors (Lipinski definition) is 0. The average molecular weight is 896 g/mol. The van der Waals surface area contributed by atoms with Gasteiger partial charge in [0.25, 0.3) is 0 Å². The molecule has 9 aromatic rings. The van der Waals surface area contributed by atoms with Crippen LogP contribution in [0.4, 0.5) is 17.1 Å². The van der Waals surface area contributed by atoms with Gasteiger partial charge >= 0.3 is 0 Å². The second-order valence-electron chi connectivity index (χ2n) is 15.2. The van der Waals surface area contributed by atoms with Gasteiger partial charge in [0.1, 0.15) is 5.82 Å². The molecule has 0 spiro atoms. The molecule has 6 aromatic carbocycles. The van der Waals surface area contributed by atoms with Crippen LogP contribution in [0.15, 0.2) is 134 Å². The second-order valence-corrected chi connectivity index (χ2v) is 15.2. The third kappa shape index (κ3) is 5.79. The van der Waals surface area contributed by atoms with Gasteiger partial charge in [0, 0.05) is 85.1 Å². The van der Waals surface area contributed by atoms with E-state index in [9.17, 15) is 0 Å². The van der Waals surface area contributed by atoms with Gasteiger partial charge in [-0.2, -0.15) is 12.7 Å². The van der Waals surface area contributed by atoms with Crippen molar-refractivity contribution in [2.24, 2.45) is 7.05 Å². The zero-order chi connectivity index (χ0) is 36.7. The third-order valence-corrected chi connectivity index (χ3v) is 10.8. The molecule has 4 heterocycles. The van der Waals surface area contributed by atoms with Gasteiger partial charge < -0.3 is 23.7 Å². The zero-order valence-corrected chi connectivity index (χ0v) is 33.5. The smallest absolute Gasteiger partial charge is 0.137 e. The number of nitrogens with zero attached hydrogens (tertiary/aromatic N) is 5. The maximum absolute atomic E-state index is 6.74. The molecule has 0 radical (unpaired) electrons. The number of anilines is 3. The summed E-state index contributed by atoms with van der Waals surface area (Å²) in [6, 6.07) is 52.0. The average Bonchev–Trinajstić information content (AvgIpc) is 3.80. The number of hydrogen-bond acceptors (Lipinski definition) is 4. The number of aromatic nitrogens is 3. The summed E-state index contributed by atoms with van der Waals surface area (Å²) in [4.78, 5) is 9.41. The summed E-state index contributed by atoms with van der Waals surface area (Å²) in [5.74, 6) is 2.08. The minimum Gasteiger partial charge on any atom is -0.509 e. The summed E-state index contributed by atoms with van der Waals surface area (Å²) in [5, 5.41) is 4.56. The first-order valence-electron chi connectivity index (χ1n) is 18.3. The van der Waals surface area contributed by atoms with Gasteiger partial charge in [-0.3, -0.25) is 0 Å². The number of aryl methyl sites for hydroxylation is 1. The quantitative estimate of drug-likeness (QED) is 0.161. The van der Waals surface area contributed by atoms with E-state index in [1.165, 1.54) is 22.0 Å². The van der Waals surface area contributed by atoms with Crippen molar-refractivity contribution in [3.63, 3.8) is 0 Å². The van der Waals surface area contributed by atoms with E-state index in [0.29, 0.717) is 11.5 Å². The Morgan fingerprint density at radius 2 is 1.35 bits per heavy atom. The van der Waals surface area contributed by atoms with E-state index in [2.05, 4.69) is 194 Å². The summed E-state index contributed by atoms with van der Waals surface area (Å²) >= 11 is 0. The predicted octanol–water partition coefficient (Wildman–Crippen LogP) is 11.9. The Kier molecular flexibility index (Phi) is 8.36. The van der Waals surface area contributed by atoms with Crippen molar-refractivity contribution < 1.29 is 25.8 Å². The molecule has 0 amide bonds. The number of benzene rings is 6. The zero-order valence-electron chi connectivity index (χ0n) is 31.2. The monoisotopic (exact) mass is 895 g/mol. The molecule has 7 heteroatoms. The minimum atomic E-state index is -0.131. The number of ether oxygens (including phenoxy) is 1. The van der Waals surface area contributed by atoms with Crippen molar-refractivity contribution in [2.75, 3.05) is 16.8 Å². The minimum absolute atomic E-state index is 0. The molecule has 0 atom stereocenters. The van der Waals surface area contributed by atoms with Crippen molar-refractivity contribution in [2.45, 2.75) is 26.2 Å². The summed E-state index contributed by atoms with van der Waals surface area (Å²) in [5.41, 5.74) is 10.8. The number of para-hydroxylation sites is 2. The van der Waals surface area contributed by atoms with Crippen molar-refractivity contribution in [1.82, 2.24) is 14.1 Å². The van der Waals surface area contributed by atoms with Crippen LogP contribution in [0.3, 0.4) is 0 Å². The molecule has 0 fully saturated rings. The fourth-order valence-electron chi connectivity index (χ4n) is 7.92. The Hall–Kier alpha value is -5.84. The largest absolute Gasteiger partial charge is 0.509 e. The maximum atomic E-state index is 6.74. The third-order valence-electron chi connectivity index (χ3n) is 10.8.